The standard InChI is InChI=1S/C5H5.2CO.ClH.Fe/c1-2-4-5-3-1;2*1-2;;/h1-3H,4H2;;;1H;/q;;;;+1/p-1. The molecule has 0 aromatic carbocycles. The summed E-state index contributed by atoms with van der Waals surface area (Å²) in [5.41, 5.74) is 0. The van der Waals surface area contributed by atoms with Crippen LogP contribution in [-0.2, 0) is 25.6 Å². The van der Waals surface area contributed by atoms with E-state index in [4.69, 9.17) is 9.59 Å². The molecule has 0 aromatic rings. The summed E-state index contributed by atoms with van der Waals surface area (Å²) in [7, 11) is 0. The molecule has 1 aliphatic carbocycles. The van der Waals surface area contributed by atoms with Gasteiger partial charge in [-0.05, 0) is 0 Å². The molecule has 60 valence electrons. The van der Waals surface area contributed by atoms with Crippen LogP contribution in [0.15, 0.2) is 22.7 Å². The summed E-state index contributed by atoms with van der Waals surface area (Å²) in [4.78, 5) is 15.0. The third kappa shape index (κ3) is 12.8. The zero-order valence-electron chi connectivity index (χ0n) is 5.49. The maximum atomic E-state index is 7.50. The number of rotatable bonds is 0. The zero-order chi connectivity index (χ0) is 8.41. The van der Waals surface area contributed by atoms with Crippen molar-refractivity contribution < 1.29 is 38.0 Å². The van der Waals surface area contributed by atoms with E-state index >= 15 is 0 Å². The van der Waals surface area contributed by atoms with E-state index < -0.39 is 0 Å². The molecule has 0 atom stereocenters. The molecule has 1 aliphatic rings. The van der Waals surface area contributed by atoms with Gasteiger partial charge in [0.2, 0.25) is 0 Å². The van der Waals surface area contributed by atoms with Crippen LogP contribution in [0.1, 0.15) is 6.42 Å². The predicted octanol–water partition coefficient (Wildman–Crippen LogP) is -2.41. The average molecular weight is 212 g/mol. The van der Waals surface area contributed by atoms with Gasteiger partial charge in [-0.3, -0.25) is 9.59 Å². The normalized spacial score (nSPS) is 10.8. The Morgan fingerprint density at radius 3 is 1.82 bits per heavy atom. The minimum absolute atomic E-state index is 0. The molecule has 0 fully saturated rings. The molecule has 11 heavy (non-hydrogen) atoms. The number of carbonyl (C=O) groups excluding carboxylic acids is 2. The van der Waals surface area contributed by atoms with Crippen LogP contribution in [-0.4, -0.2) is 13.6 Å². The first-order valence-electron chi connectivity index (χ1n) is 2.30. The Kier molecular flexibility index (Phi) is 25.1. The van der Waals surface area contributed by atoms with Gasteiger partial charge in [0, 0.05) is 0 Å². The molecule has 0 N–H and O–H groups in total. The molecule has 4 heteroatoms. The third-order valence-electron chi connectivity index (χ3n) is 0.717. The quantitative estimate of drug-likeness (QED) is 0.419. The first-order valence-corrected chi connectivity index (χ1v) is 2.85. The first kappa shape index (κ1) is 16.9. The Labute approximate surface area is 81.0 Å². The van der Waals surface area contributed by atoms with Gasteiger partial charge in [0.25, 0.3) is 13.6 Å². The van der Waals surface area contributed by atoms with Crippen molar-refractivity contribution >= 4 is 13.6 Å². The van der Waals surface area contributed by atoms with Gasteiger partial charge in [-0.2, -0.15) is 0 Å². The van der Waals surface area contributed by atoms with Crippen LogP contribution in [0, 0.1) is 0 Å². The molecule has 0 spiro atoms. The number of allylic oxidation sites excluding steroid dienone is 4. The van der Waals surface area contributed by atoms with E-state index in [-0.39, 0.29) is 12.4 Å². The van der Waals surface area contributed by atoms with Crippen LogP contribution in [0.4, 0.5) is 0 Å². The van der Waals surface area contributed by atoms with Crippen molar-refractivity contribution in [2.45, 2.75) is 6.42 Å². The van der Waals surface area contributed by atoms with E-state index in [0.717, 1.165) is 6.42 Å². The SMILES string of the molecule is [C]=O.[C]=O.[Cl-].[Fe+][C]1=CC=CC1. The van der Waals surface area contributed by atoms with Crippen molar-refractivity contribution in [3.05, 3.63) is 22.7 Å². The third-order valence-corrected chi connectivity index (χ3v) is 1.13. The monoisotopic (exact) mass is 212 g/mol. The van der Waals surface area contributed by atoms with Crippen LogP contribution in [0.3, 0.4) is 0 Å². The van der Waals surface area contributed by atoms with E-state index in [1.54, 1.807) is 0 Å². The Morgan fingerprint density at radius 1 is 1.27 bits per heavy atom. The maximum absolute atomic E-state index is 7.50. The van der Waals surface area contributed by atoms with Crippen LogP contribution in [0.2, 0.25) is 0 Å². The molecular weight excluding hydrogens is 207 g/mol. The second kappa shape index (κ2) is 16.3. The van der Waals surface area contributed by atoms with Crippen molar-refractivity contribution in [1.82, 2.24) is 0 Å². The molecule has 0 aromatic heterocycles. The average Bonchev–Trinajstić information content (AvgIpc) is 2.48. The van der Waals surface area contributed by atoms with E-state index in [2.05, 4.69) is 35.7 Å². The number of hydrogen-bond donors (Lipinski definition) is 0. The predicted molar refractivity (Wildman–Crippen MR) is 33.2 cm³/mol. The molecule has 0 heterocycles. The summed E-state index contributed by atoms with van der Waals surface area (Å²) < 4.78 is 1.22. The van der Waals surface area contributed by atoms with Crippen molar-refractivity contribution in [3.8, 4) is 0 Å². The number of hydrogen-bond acceptors (Lipinski definition) is 2. The van der Waals surface area contributed by atoms with Gasteiger partial charge in [-0.15, -0.1) is 0 Å². The summed E-state index contributed by atoms with van der Waals surface area (Å²) >= 11 is 3.74. The fourth-order valence-electron chi connectivity index (χ4n) is 0.416. The summed E-state index contributed by atoms with van der Waals surface area (Å²) in [6.07, 6.45) is 7.21. The summed E-state index contributed by atoms with van der Waals surface area (Å²) in [5, 5.41) is 0. The Bertz CT molecular complexity index is 132. The van der Waals surface area contributed by atoms with Crippen molar-refractivity contribution in [3.63, 3.8) is 0 Å². The fraction of sp³-hybridized carbons (Fsp3) is 0.143. The Balaban J connectivity index is -0.000000114. The van der Waals surface area contributed by atoms with Crippen molar-refractivity contribution in [1.29, 1.82) is 0 Å². The van der Waals surface area contributed by atoms with Crippen LogP contribution >= 0.6 is 0 Å². The van der Waals surface area contributed by atoms with Gasteiger partial charge in [-0.25, -0.2) is 0 Å². The zero-order valence-corrected chi connectivity index (χ0v) is 7.35. The summed E-state index contributed by atoms with van der Waals surface area (Å²) in [6.45, 7) is 9.00. The topological polar surface area (TPSA) is 34.1 Å². The van der Waals surface area contributed by atoms with Crippen LogP contribution in [0.25, 0.3) is 0 Å². The molecule has 0 aliphatic heterocycles. The van der Waals surface area contributed by atoms with E-state index in [1.807, 2.05) is 12.2 Å². The second-order valence-corrected chi connectivity index (χ2v) is 1.94. The van der Waals surface area contributed by atoms with Crippen molar-refractivity contribution in [2.24, 2.45) is 0 Å². The Morgan fingerprint density at radius 2 is 1.73 bits per heavy atom. The van der Waals surface area contributed by atoms with Gasteiger partial charge in [0.1, 0.15) is 0 Å². The van der Waals surface area contributed by atoms with Gasteiger partial charge >= 0.3 is 45.1 Å². The number of halogens is 1. The van der Waals surface area contributed by atoms with E-state index in [0.29, 0.717) is 0 Å². The van der Waals surface area contributed by atoms with Gasteiger partial charge in [0.05, 0.1) is 0 Å². The summed E-state index contributed by atoms with van der Waals surface area (Å²) in [5.74, 6) is 0. The molecule has 0 amide bonds. The van der Waals surface area contributed by atoms with E-state index in [1.165, 1.54) is 4.47 Å². The van der Waals surface area contributed by atoms with Gasteiger partial charge in [0.15, 0.2) is 0 Å². The first-order chi connectivity index (χ1) is 4.89. The van der Waals surface area contributed by atoms with Gasteiger partial charge < -0.3 is 12.4 Å². The molecule has 0 bridgehead atoms. The molecule has 0 unspecified atom stereocenters. The molecule has 0 saturated heterocycles. The molecule has 1 rings (SSSR count). The second-order valence-electron chi connectivity index (χ2n) is 1.23. The van der Waals surface area contributed by atoms with Crippen molar-refractivity contribution in [2.75, 3.05) is 0 Å². The van der Waals surface area contributed by atoms with Crippen LogP contribution in [0.5, 0.6) is 0 Å². The van der Waals surface area contributed by atoms with Gasteiger partial charge in [-0.1, -0.05) is 0 Å². The molecule has 2 nitrogen and oxygen atoms in total. The van der Waals surface area contributed by atoms with Crippen LogP contribution < -0.4 is 12.4 Å². The fourth-order valence-corrected chi connectivity index (χ4v) is 0.652. The Hall–Kier alpha value is -0.371. The summed E-state index contributed by atoms with van der Waals surface area (Å²) in [6, 6.07) is 0. The molecule has 4 radical (unpaired) electrons. The molecule has 0 saturated carbocycles. The molecular formula is C7H5ClFeO2. The van der Waals surface area contributed by atoms with E-state index in [9.17, 15) is 0 Å². The minimum atomic E-state index is 0.